The fourth-order valence-electron chi connectivity index (χ4n) is 2.77. The number of esters is 1. The minimum Gasteiger partial charge on any atom is -0.465 e. The van der Waals surface area contributed by atoms with Gasteiger partial charge in [-0.15, -0.1) is 0 Å². The van der Waals surface area contributed by atoms with Crippen molar-refractivity contribution in [3.63, 3.8) is 0 Å². The van der Waals surface area contributed by atoms with Gasteiger partial charge in [0.1, 0.15) is 5.54 Å². The Balaban J connectivity index is 1.74. The molecule has 0 amide bonds. The summed E-state index contributed by atoms with van der Waals surface area (Å²) in [6.45, 7) is 2.58. The van der Waals surface area contributed by atoms with Crippen molar-refractivity contribution >= 4 is 17.4 Å². The minimum atomic E-state index is -0.595. The zero-order valence-electron chi connectivity index (χ0n) is 14.2. The van der Waals surface area contributed by atoms with Crippen LogP contribution in [0.2, 0.25) is 0 Å². The van der Waals surface area contributed by atoms with Crippen LogP contribution in [0.1, 0.15) is 41.3 Å². The third-order valence-electron chi connectivity index (χ3n) is 4.47. The van der Waals surface area contributed by atoms with Gasteiger partial charge in [-0.2, -0.15) is 0 Å². The van der Waals surface area contributed by atoms with E-state index in [1.54, 1.807) is 37.3 Å². The summed E-state index contributed by atoms with van der Waals surface area (Å²) in [6, 6.07) is 14.4. The van der Waals surface area contributed by atoms with E-state index >= 15 is 0 Å². The maximum atomic E-state index is 12.6. The molecule has 1 saturated carbocycles. The van der Waals surface area contributed by atoms with Gasteiger partial charge < -0.3 is 10.5 Å². The van der Waals surface area contributed by atoms with Crippen molar-refractivity contribution in [1.82, 2.24) is 5.32 Å². The monoisotopic (exact) mass is 338 g/mol. The van der Waals surface area contributed by atoms with Gasteiger partial charge in [0.15, 0.2) is 5.78 Å². The lowest BCUT2D eigenvalue weighted by atomic mass is 10.00. The van der Waals surface area contributed by atoms with E-state index in [0.29, 0.717) is 30.0 Å². The predicted octanol–water partition coefficient (Wildman–Crippen LogP) is 2.69. The van der Waals surface area contributed by atoms with E-state index in [4.69, 9.17) is 10.5 Å². The molecule has 130 valence electrons. The topological polar surface area (TPSA) is 81.4 Å². The first-order chi connectivity index (χ1) is 12.1. The van der Waals surface area contributed by atoms with Gasteiger partial charge in [0.2, 0.25) is 0 Å². The third kappa shape index (κ3) is 3.72. The summed E-state index contributed by atoms with van der Waals surface area (Å²) in [6.07, 6.45) is 1.52. The minimum absolute atomic E-state index is 0.0478. The third-order valence-corrected chi connectivity index (χ3v) is 4.47. The van der Waals surface area contributed by atoms with Crippen LogP contribution in [0.3, 0.4) is 0 Å². The van der Waals surface area contributed by atoms with Gasteiger partial charge in [-0.1, -0.05) is 30.3 Å². The number of nitrogens with two attached hydrogens (primary N) is 1. The molecule has 5 nitrogen and oxygen atoms in total. The molecule has 3 rings (SSSR count). The lowest BCUT2D eigenvalue weighted by molar-refractivity contribution is -0.147. The first-order valence-corrected chi connectivity index (χ1v) is 8.46. The highest BCUT2D eigenvalue weighted by Crippen LogP contribution is 2.37. The molecule has 0 bridgehead atoms. The summed E-state index contributed by atoms with van der Waals surface area (Å²) in [7, 11) is 0. The number of anilines is 1. The van der Waals surface area contributed by atoms with E-state index in [-0.39, 0.29) is 11.8 Å². The fourth-order valence-corrected chi connectivity index (χ4v) is 2.77. The molecule has 1 aliphatic carbocycles. The van der Waals surface area contributed by atoms with Crippen LogP contribution >= 0.6 is 0 Å². The number of rotatable bonds is 7. The number of carbonyl (C=O) groups excluding carboxylic acids is 2. The maximum Gasteiger partial charge on any atom is 0.326 e. The lowest BCUT2D eigenvalue weighted by Gasteiger charge is -2.17. The zero-order chi connectivity index (χ0) is 17.9. The molecule has 2 aromatic rings. The largest absolute Gasteiger partial charge is 0.465 e. The Morgan fingerprint density at radius 2 is 1.84 bits per heavy atom. The van der Waals surface area contributed by atoms with Gasteiger partial charge in [-0.25, -0.2) is 0 Å². The van der Waals surface area contributed by atoms with Crippen LogP contribution in [0.4, 0.5) is 5.69 Å². The molecule has 0 saturated heterocycles. The highest BCUT2D eigenvalue weighted by Gasteiger charge is 2.50. The Morgan fingerprint density at radius 3 is 2.48 bits per heavy atom. The van der Waals surface area contributed by atoms with Crippen molar-refractivity contribution in [1.29, 1.82) is 0 Å². The molecule has 0 heterocycles. The van der Waals surface area contributed by atoms with Gasteiger partial charge in [-0.3, -0.25) is 14.9 Å². The molecular formula is C20H22N2O3. The second-order valence-electron chi connectivity index (χ2n) is 6.26. The van der Waals surface area contributed by atoms with E-state index in [0.717, 1.165) is 18.4 Å². The van der Waals surface area contributed by atoms with Gasteiger partial charge in [-0.05, 0) is 43.5 Å². The van der Waals surface area contributed by atoms with Gasteiger partial charge in [0.05, 0.1) is 6.61 Å². The van der Waals surface area contributed by atoms with Crippen molar-refractivity contribution in [2.24, 2.45) is 0 Å². The first-order valence-electron chi connectivity index (χ1n) is 8.46. The molecule has 0 aromatic heterocycles. The zero-order valence-corrected chi connectivity index (χ0v) is 14.2. The molecule has 0 atom stereocenters. The molecule has 25 heavy (non-hydrogen) atoms. The molecular weight excluding hydrogens is 316 g/mol. The van der Waals surface area contributed by atoms with E-state index in [2.05, 4.69) is 5.32 Å². The number of hydrogen-bond donors (Lipinski definition) is 2. The van der Waals surface area contributed by atoms with Crippen LogP contribution in [0.15, 0.2) is 48.5 Å². The van der Waals surface area contributed by atoms with E-state index < -0.39 is 5.54 Å². The molecule has 0 spiro atoms. The Kier molecular flexibility index (Phi) is 4.86. The predicted molar refractivity (Wildman–Crippen MR) is 96.2 cm³/mol. The molecule has 1 fully saturated rings. The van der Waals surface area contributed by atoms with Gasteiger partial charge in [0, 0.05) is 23.4 Å². The second-order valence-corrected chi connectivity index (χ2v) is 6.26. The average molecular weight is 338 g/mol. The smallest absolute Gasteiger partial charge is 0.326 e. The fraction of sp³-hybridized carbons (Fsp3) is 0.300. The molecule has 0 aliphatic heterocycles. The Hall–Kier alpha value is -2.66. The summed E-state index contributed by atoms with van der Waals surface area (Å²) >= 11 is 0. The Labute approximate surface area is 147 Å². The number of hydrogen-bond acceptors (Lipinski definition) is 5. The van der Waals surface area contributed by atoms with Crippen LogP contribution in [-0.4, -0.2) is 23.9 Å². The van der Waals surface area contributed by atoms with E-state index in [1.807, 2.05) is 18.2 Å². The van der Waals surface area contributed by atoms with Crippen LogP contribution in [0.5, 0.6) is 0 Å². The normalized spacial score (nSPS) is 14.8. The van der Waals surface area contributed by atoms with Gasteiger partial charge >= 0.3 is 5.97 Å². The number of ether oxygens (including phenoxy) is 1. The summed E-state index contributed by atoms with van der Waals surface area (Å²) in [5.41, 5.74) is 8.06. The molecule has 0 radical (unpaired) electrons. The molecule has 2 aromatic carbocycles. The maximum absolute atomic E-state index is 12.6. The van der Waals surface area contributed by atoms with Crippen molar-refractivity contribution in [3.8, 4) is 0 Å². The van der Waals surface area contributed by atoms with Crippen molar-refractivity contribution < 1.29 is 14.3 Å². The van der Waals surface area contributed by atoms with Crippen LogP contribution in [0, 0.1) is 0 Å². The van der Waals surface area contributed by atoms with Crippen molar-refractivity contribution in [3.05, 3.63) is 65.2 Å². The molecule has 0 unspecified atom stereocenters. The average Bonchev–Trinajstić information content (AvgIpc) is 3.43. The summed E-state index contributed by atoms with van der Waals surface area (Å²) < 4.78 is 5.12. The van der Waals surface area contributed by atoms with E-state index in [1.165, 1.54) is 0 Å². The summed E-state index contributed by atoms with van der Waals surface area (Å²) in [5, 5.41) is 3.25. The molecule has 3 N–H and O–H groups in total. The highest BCUT2D eigenvalue weighted by molar-refractivity contribution is 6.09. The molecule has 1 aliphatic rings. The number of benzene rings is 2. The van der Waals surface area contributed by atoms with Crippen LogP contribution < -0.4 is 11.1 Å². The van der Waals surface area contributed by atoms with Crippen LogP contribution in [-0.2, 0) is 16.1 Å². The Morgan fingerprint density at radius 1 is 1.12 bits per heavy atom. The summed E-state index contributed by atoms with van der Waals surface area (Å²) in [5.74, 6) is -0.265. The second kappa shape index (κ2) is 7.07. The van der Waals surface area contributed by atoms with Crippen molar-refractivity contribution in [2.75, 3.05) is 12.3 Å². The van der Waals surface area contributed by atoms with Crippen molar-refractivity contribution in [2.45, 2.75) is 31.8 Å². The lowest BCUT2D eigenvalue weighted by Crippen LogP contribution is -2.40. The van der Waals surface area contributed by atoms with Crippen LogP contribution in [0.25, 0.3) is 0 Å². The first kappa shape index (κ1) is 17.2. The SMILES string of the molecule is CCOC(=O)C1(NCc2cc(C(=O)c3ccccc3)ccc2N)CC1. The quantitative estimate of drug-likeness (QED) is 0.461. The standard InChI is InChI=1S/C20H22N2O3/c1-2-25-19(24)20(10-11-20)22-13-16-12-15(8-9-17(16)21)18(23)14-6-4-3-5-7-14/h3-9,12,22H,2,10-11,13,21H2,1H3. The van der Waals surface area contributed by atoms with Gasteiger partial charge in [0.25, 0.3) is 0 Å². The van der Waals surface area contributed by atoms with E-state index in [9.17, 15) is 9.59 Å². The number of nitrogen functional groups attached to an aromatic ring is 1. The Bertz CT molecular complexity index is 783. The number of nitrogens with one attached hydrogen (secondary N) is 1. The number of ketones is 1. The molecule has 5 heteroatoms. The highest BCUT2D eigenvalue weighted by atomic mass is 16.5. The number of carbonyl (C=O) groups is 2. The summed E-state index contributed by atoms with van der Waals surface area (Å²) in [4.78, 5) is 24.6.